The fourth-order valence-electron chi connectivity index (χ4n) is 2.01. The number of methoxy groups -OCH3 is 1. The number of nitrogens with one attached hydrogen (secondary N) is 1. The lowest BCUT2D eigenvalue weighted by Gasteiger charge is -2.18. The Balaban J connectivity index is 1.93. The summed E-state index contributed by atoms with van der Waals surface area (Å²) in [6.45, 7) is 7.93. The van der Waals surface area contributed by atoms with E-state index in [2.05, 4.69) is 24.1 Å². The third kappa shape index (κ3) is 3.43. The number of hydrogen-bond acceptors (Lipinski definition) is 5. The van der Waals surface area contributed by atoms with E-state index >= 15 is 0 Å². The molecule has 1 N–H and O–H groups in total. The molecule has 1 saturated carbocycles. The SMILES string of the molecule is CCN(c1nc(C)c(CNCCOC)s1)C1CC1. The monoisotopic (exact) mass is 269 g/mol. The molecule has 0 spiro atoms. The average molecular weight is 269 g/mol. The van der Waals surface area contributed by atoms with Gasteiger partial charge in [0.2, 0.25) is 0 Å². The van der Waals surface area contributed by atoms with Gasteiger partial charge in [-0.05, 0) is 26.7 Å². The molecule has 0 aliphatic heterocycles. The van der Waals surface area contributed by atoms with E-state index in [0.29, 0.717) is 0 Å². The minimum absolute atomic E-state index is 0.745. The average Bonchev–Trinajstić information content (AvgIpc) is 3.12. The van der Waals surface area contributed by atoms with Gasteiger partial charge in [-0.3, -0.25) is 0 Å². The fourth-order valence-corrected chi connectivity index (χ4v) is 3.18. The van der Waals surface area contributed by atoms with Crippen LogP contribution in [0.2, 0.25) is 0 Å². The summed E-state index contributed by atoms with van der Waals surface area (Å²) in [7, 11) is 1.73. The molecule has 2 rings (SSSR count). The molecule has 18 heavy (non-hydrogen) atoms. The minimum atomic E-state index is 0.745. The molecule has 5 heteroatoms. The molecule has 1 fully saturated rings. The molecule has 1 aliphatic carbocycles. The van der Waals surface area contributed by atoms with Gasteiger partial charge in [-0.1, -0.05) is 0 Å². The molecule has 0 radical (unpaired) electrons. The molecular weight excluding hydrogens is 246 g/mol. The van der Waals surface area contributed by atoms with E-state index in [-0.39, 0.29) is 0 Å². The van der Waals surface area contributed by atoms with E-state index in [1.807, 2.05) is 11.3 Å². The highest BCUT2D eigenvalue weighted by Crippen LogP contribution is 2.34. The zero-order valence-corrected chi connectivity index (χ0v) is 12.3. The fraction of sp³-hybridized carbons (Fsp3) is 0.769. The van der Waals surface area contributed by atoms with Gasteiger partial charge in [0.15, 0.2) is 5.13 Å². The van der Waals surface area contributed by atoms with Crippen LogP contribution in [0.3, 0.4) is 0 Å². The number of thiazole rings is 1. The van der Waals surface area contributed by atoms with Gasteiger partial charge in [0.05, 0.1) is 12.3 Å². The Hall–Kier alpha value is -0.650. The highest BCUT2D eigenvalue weighted by molar-refractivity contribution is 7.15. The molecule has 0 atom stereocenters. The Labute approximate surface area is 113 Å². The third-order valence-corrected chi connectivity index (χ3v) is 4.42. The van der Waals surface area contributed by atoms with Gasteiger partial charge >= 0.3 is 0 Å². The Morgan fingerprint density at radius 1 is 1.50 bits per heavy atom. The topological polar surface area (TPSA) is 37.4 Å². The first-order valence-electron chi connectivity index (χ1n) is 6.68. The van der Waals surface area contributed by atoms with Crippen molar-refractivity contribution in [3.63, 3.8) is 0 Å². The van der Waals surface area contributed by atoms with Gasteiger partial charge in [0.25, 0.3) is 0 Å². The molecule has 102 valence electrons. The van der Waals surface area contributed by atoms with Crippen LogP contribution in [0, 0.1) is 6.92 Å². The van der Waals surface area contributed by atoms with Gasteiger partial charge in [-0.2, -0.15) is 0 Å². The summed E-state index contributed by atoms with van der Waals surface area (Å²) in [4.78, 5) is 8.50. The summed E-state index contributed by atoms with van der Waals surface area (Å²) < 4.78 is 5.03. The van der Waals surface area contributed by atoms with E-state index in [1.54, 1.807) is 7.11 Å². The molecule has 1 aromatic rings. The first kappa shape index (κ1) is 13.8. The van der Waals surface area contributed by atoms with Crippen LogP contribution in [0.5, 0.6) is 0 Å². The van der Waals surface area contributed by atoms with E-state index in [1.165, 1.54) is 28.5 Å². The van der Waals surface area contributed by atoms with E-state index in [9.17, 15) is 0 Å². The third-order valence-electron chi connectivity index (χ3n) is 3.22. The highest BCUT2D eigenvalue weighted by Gasteiger charge is 2.30. The van der Waals surface area contributed by atoms with Crippen LogP contribution < -0.4 is 10.2 Å². The Kier molecular flexibility index (Phi) is 4.97. The van der Waals surface area contributed by atoms with Crippen LogP contribution in [0.1, 0.15) is 30.3 Å². The second-order valence-electron chi connectivity index (χ2n) is 4.69. The van der Waals surface area contributed by atoms with Crippen LogP contribution >= 0.6 is 11.3 Å². The molecule has 0 unspecified atom stereocenters. The smallest absolute Gasteiger partial charge is 0.186 e. The van der Waals surface area contributed by atoms with E-state index in [0.717, 1.165) is 32.3 Å². The maximum atomic E-state index is 5.03. The van der Waals surface area contributed by atoms with Gasteiger partial charge in [0.1, 0.15) is 0 Å². The van der Waals surface area contributed by atoms with Crippen LogP contribution in [0.15, 0.2) is 0 Å². The predicted molar refractivity (Wildman–Crippen MR) is 76.5 cm³/mol. The molecule has 1 heterocycles. The minimum Gasteiger partial charge on any atom is -0.383 e. The zero-order chi connectivity index (χ0) is 13.0. The highest BCUT2D eigenvalue weighted by atomic mass is 32.1. The van der Waals surface area contributed by atoms with E-state index in [4.69, 9.17) is 9.72 Å². The van der Waals surface area contributed by atoms with Crippen molar-refractivity contribution in [3.8, 4) is 0 Å². The predicted octanol–water partition coefficient (Wildman–Crippen LogP) is 2.18. The summed E-state index contributed by atoms with van der Waals surface area (Å²) in [6.07, 6.45) is 2.65. The maximum Gasteiger partial charge on any atom is 0.186 e. The summed E-state index contributed by atoms with van der Waals surface area (Å²) in [5.74, 6) is 0. The molecular formula is C13H23N3OS. The Bertz CT molecular complexity index is 376. The van der Waals surface area contributed by atoms with Crippen molar-refractivity contribution in [3.05, 3.63) is 10.6 Å². The molecule has 1 aliphatic rings. The van der Waals surface area contributed by atoms with Crippen LogP contribution in [-0.4, -0.2) is 37.8 Å². The Morgan fingerprint density at radius 2 is 2.28 bits per heavy atom. The van der Waals surface area contributed by atoms with Crippen molar-refractivity contribution in [1.82, 2.24) is 10.3 Å². The largest absolute Gasteiger partial charge is 0.383 e. The second-order valence-corrected chi connectivity index (χ2v) is 5.75. The Morgan fingerprint density at radius 3 is 2.89 bits per heavy atom. The second kappa shape index (κ2) is 6.50. The molecule has 0 bridgehead atoms. The molecule has 1 aromatic heterocycles. The molecule has 0 aromatic carbocycles. The number of ether oxygens (including phenoxy) is 1. The number of aryl methyl sites for hydroxylation is 1. The van der Waals surface area contributed by atoms with Gasteiger partial charge in [-0.25, -0.2) is 4.98 Å². The summed E-state index contributed by atoms with van der Waals surface area (Å²) in [6, 6.07) is 0.745. The number of aromatic nitrogens is 1. The van der Waals surface area contributed by atoms with Crippen molar-refractivity contribution < 1.29 is 4.74 Å². The van der Waals surface area contributed by atoms with Crippen molar-refractivity contribution >= 4 is 16.5 Å². The van der Waals surface area contributed by atoms with Gasteiger partial charge < -0.3 is 15.0 Å². The van der Waals surface area contributed by atoms with Crippen LogP contribution in [0.4, 0.5) is 5.13 Å². The summed E-state index contributed by atoms with van der Waals surface area (Å²) >= 11 is 1.83. The lowest BCUT2D eigenvalue weighted by molar-refractivity contribution is 0.199. The normalized spacial score (nSPS) is 15.1. The van der Waals surface area contributed by atoms with E-state index < -0.39 is 0 Å². The maximum absolute atomic E-state index is 5.03. The van der Waals surface area contributed by atoms with Crippen molar-refractivity contribution in [1.29, 1.82) is 0 Å². The van der Waals surface area contributed by atoms with Gasteiger partial charge in [0, 0.05) is 37.7 Å². The first-order chi connectivity index (χ1) is 8.76. The summed E-state index contributed by atoms with van der Waals surface area (Å²) in [5, 5.41) is 4.58. The summed E-state index contributed by atoms with van der Waals surface area (Å²) in [5.41, 5.74) is 1.17. The van der Waals surface area contributed by atoms with Gasteiger partial charge in [-0.15, -0.1) is 11.3 Å². The zero-order valence-electron chi connectivity index (χ0n) is 11.5. The van der Waals surface area contributed by atoms with Crippen molar-refractivity contribution in [2.24, 2.45) is 0 Å². The quantitative estimate of drug-likeness (QED) is 0.734. The standard InChI is InChI=1S/C13H23N3OS/c1-4-16(11-5-6-11)13-15-10(2)12(18-13)9-14-7-8-17-3/h11,14H,4-9H2,1-3H3. The van der Waals surface area contributed by atoms with Crippen molar-refractivity contribution in [2.45, 2.75) is 39.3 Å². The molecule has 4 nitrogen and oxygen atoms in total. The lowest BCUT2D eigenvalue weighted by Crippen LogP contribution is -2.24. The number of anilines is 1. The lowest BCUT2D eigenvalue weighted by atomic mass is 10.4. The van der Waals surface area contributed by atoms with Crippen molar-refractivity contribution in [2.75, 3.05) is 31.7 Å². The number of nitrogens with zero attached hydrogens (tertiary/aromatic N) is 2. The molecule has 0 saturated heterocycles. The first-order valence-corrected chi connectivity index (χ1v) is 7.50. The molecule has 0 amide bonds. The number of rotatable bonds is 8. The van der Waals surface area contributed by atoms with Crippen LogP contribution in [-0.2, 0) is 11.3 Å². The van der Waals surface area contributed by atoms with Crippen LogP contribution in [0.25, 0.3) is 0 Å². The number of hydrogen-bond donors (Lipinski definition) is 1.